The first-order chi connectivity index (χ1) is 21.3. The molecule has 0 saturated carbocycles. The molecule has 0 radical (unpaired) electrons. The highest BCUT2D eigenvalue weighted by Gasteiger charge is 2.75. The van der Waals surface area contributed by atoms with Gasteiger partial charge in [-0.2, -0.15) is 0 Å². The largest absolute Gasteiger partial charge is 0.494 e. The lowest BCUT2D eigenvalue weighted by Gasteiger charge is -2.39. The highest BCUT2D eigenvalue weighted by molar-refractivity contribution is 6.34. The van der Waals surface area contributed by atoms with Crippen LogP contribution < -0.4 is 14.5 Å². The lowest BCUT2D eigenvalue weighted by molar-refractivity contribution is -0.144. The summed E-state index contributed by atoms with van der Waals surface area (Å²) in [5.41, 5.74) is -0.111. The van der Waals surface area contributed by atoms with E-state index >= 15 is 0 Å². The topological polar surface area (TPSA) is 99.6 Å². The molecule has 44 heavy (non-hydrogen) atoms. The smallest absolute Gasteiger partial charge is 0.253 e. The summed E-state index contributed by atoms with van der Waals surface area (Å²) in [6.07, 6.45) is 4.08. The Morgan fingerprint density at radius 2 is 1.80 bits per heavy atom. The van der Waals surface area contributed by atoms with Crippen LogP contribution in [0.3, 0.4) is 0 Å². The molecule has 3 fully saturated rings. The first-order valence-corrected chi connectivity index (χ1v) is 15.6. The van der Waals surface area contributed by atoms with E-state index in [1.165, 1.54) is 9.80 Å². The van der Waals surface area contributed by atoms with Crippen molar-refractivity contribution >= 4 is 40.7 Å². The Labute approximate surface area is 263 Å². The van der Waals surface area contributed by atoms with Crippen molar-refractivity contribution in [2.75, 3.05) is 36.1 Å². The predicted molar refractivity (Wildman–Crippen MR) is 170 cm³/mol. The number of nitrogens with zero attached hydrogens (tertiary/aromatic N) is 3. The molecule has 1 spiro atoms. The molecule has 9 nitrogen and oxygen atoms in total. The lowest BCUT2D eigenvalue weighted by atomic mass is 9.70. The third kappa shape index (κ3) is 5.21. The van der Waals surface area contributed by atoms with Crippen LogP contribution in [0.25, 0.3) is 0 Å². The van der Waals surface area contributed by atoms with Crippen LogP contribution in [-0.4, -0.2) is 77.8 Å². The fourth-order valence-corrected chi connectivity index (χ4v) is 7.47. The molecule has 2 unspecified atom stereocenters. The Morgan fingerprint density at radius 3 is 2.41 bits per heavy atom. The van der Waals surface area contributed by atoms with E-state index < -0.39 is 35.6 Å². The van der Waals surface area contributed by atoms with Crippen LogP contribution in [0.5, 0.6) is 5.75 Å². The first kappa shape index (κ1) is 31.8. The van der Waals surface area contributed by atoms with Crippen molar-refractivity contribution in [2.45, 2.75) is 56.9 Å². The molecule has 1 N–H and O–H groups in total. The normalized spacial score (nSPS) is 25.8. The molecule has 2 bridgehead atoms. The highest BCUT2D eigenvalue weighted by Crippen LogP contribution is 2.59. The summed E-state index contributed by atoms with van der Waals surface area (Å²) in [5.74, 6) is -2.03. The molecular weight excluding hydrogens is 582 g/mol. The molecule has 0 aromatic heterocycles. The molecule has 10 heteroatoms. The van der Waals surface area contributed by atoms with Gasteiger partial charge in [-0.15, -0.1) is 13.2 Å². The SMILES string of the molecule is C=CCN(C(=O)[C@@H]1[C@H]2C(=O)N([C@@H](CC)CO)C(C(=O)N(CC=C)c3ccccc3Cl)C23CC[C@H]1O3)c1ccc(OCC)cc1. The monoisotopic (exact) mass is 621 g/mol. The van der Waals surface area contributed by atoms with Crippen LogP contribution in [0.1, 0.15) is 33.1 Å². The number of carbonyl (C=O) groups is 3. The van der Waals surface area contributed by atoms with E-state index in [9.17, 15) is 19.5 Å². The fraction of sp³-hybridized carbons (Fsp3) is 0.441. The van der Waals surface area contributed by atoms with Crippen molar-refractivity contribution in [1.82, 2.24) is 4.90 Å². The maximum Gasteiger partial charge on any atom is 0.253 e. The third-order valence-corrected chi connectivity index (χ3v) is 9.41. The molecule has 3 aliphatic heterocycles. The number of aliphatic hydroxyl groups is 1. The Bertz CT molecular complexity index is 1410. The van der Waals surface area contributed by atoms with E-state index in [0.29, 0.717) is 48.0 Å². The lowest BCUT2D eigenvalue weighted by Crippen LogP contribution is -2.59. The van der Waals surface area contributed by atoms with Crippen LogP contribution in [0.4, 0.5) is 11.4 Å². The Morgan fingerprint density at radius 1 is 1.11 bits per heavy atom. The van der Waals surface area contributed by atoms with Gasteiger partial charge in [0, 0.05) is 18.8 Å². The van der Waals surface area contributed by atoms with E-state index in [4.69, 9.17) is 21.1 Å². The van der Waals surface area contributed by atoms with Crippen LogP contribution in [-0.2, 0) is 19.1 Å². The first-order valence-electron chi connectivity index (χ1n) is 15.2. The zero-order valence-corrected chi connectivity index (χ0v) is 26.0. The van der Waals surface area contributed by atoms with E-state index in [1.807, 2.05) is 13.8 Å². The molecule has 2 aromatic carbocycles. The number of aliphatic hydroxyl groups excluding tert-OH is 1. The van der Waals surface area contributed by atoms with Crippen molar-refractivity contribution in [3.8, 4) is 5.75 Å². The van der Waals surface area contributed by atoms with Crippen molar-refractivity contribution in [2.24, 2.45) is 11.8 Å². The standard InChI is InChI=1S/C34H40ClN3O6/c1-5-19-36(23-13-15-24(16-14-23)43-8-4)31(40)28-27-17-18-34(44-27)29(28)32(41)38(22(7-3)21-39)30(34)33(42)37(20-6-2)26-12-10-9-11-25(26)35/h5-6,9-16,22,27-30,39H,1-2,7-8,17-21H2,3-4H3/t22-,27+,28-,29-,30?,34?/m0/s1. The second-order valence-corrected chi connectivity index (χ2v) is 11.8. The molecule has 6 atom stereocenters. The number of amides is 3. The van der Waals surface area contributed by atoms with Gasteiger partial charge in [0.25, 0.3) is 5.91 Å². The quantitative estimate of drug-likeness (QED) is 0.328. The fourth-order valence-electron chi connectivity index (χ4n) is 7.23. The summed E-state index contributed by atoms with van der Waals surface area (Å²) in [7, 11) is 0. The van der Waals surface area contributed by atoms with E-state index in [0.717, 1.165) is 0 Å². The summed E-state index contributed by atoms with van der Waals surface area (Å²) in [5, 5.41) is 10.8. The van der Waals surface area contributed by atoms with Gasteiger partial charge >= 0.3 is 0 Å². The van der Waals surface area contributed by atoms with Gasteiger partial charge in [0.05, 0.1) is 47.9 Å². The molecule has 3 heterocycles. The van der Waals surface area contributed by atoms with Crippen molar-refractivity contribution in [3.05, 3.63) is 78.9 Å². The van der Waals surface area contributed by atoms with E-state index in [-0.39, 0.29) is 37.4 Å². The van der Waals surface area contributed by atoms with E-state index in [1.54, 1.807) is 65.6 Å². The van der Waals surface area contributed by atoms with Crippen LogP contribution in [0.15, 0.2) is 73.8 Å². The van der Waals surface area contributed by atoms with Crippen LogP contribution in [0.2, 0.25) is 5.02 Å². The number of likely N-dealkylation sites (tertiary alicyclic amines) is 1. The zero-order chi connectivity index (χ0) is 31.6. The summed E-state index contributed by atoms with van der Waals surface area (Å²) in [4.78, 5) is 48.2. The van der Waals surface area contributed by atoms with Crippen molar-refractivity contribution < 1.29 is 29.0 Å². The van der Waals surface area contributed by atoms with Gasteiger partial charge in [-0.3, -0.25) is 14.4 Å². The van der Waals surface area contributed by atoms with Crippen molar-refractivity contribution in [3.63, 3.8) is 0 Å². The number of ether oxygens (including phenoxy) is 2. The van der Waals surface area contributed by atoms with Gasteiger partial charge in [0.1, 0.15) is 17.4 Å². The summed E-state index contributed by atoms with van der Waals surface area (Å²) >= 11 is 6.54. The molecule has 234 valence electrons. The number of hydrogen-bond acceptors (Lipinski definition) is 6. The second-order valence-electron chi connectivity index (χ2n) is 11.4. The average Bonchev–Trinajstić information content (AvgIpc) is 3.67. The maximum absolute atomic E-state index is 14.7. The zero-order valence-electron chi connectivity index (χ0n) is 25.2. The van der Waals surface area contributed by atoms with Gasteiger partial charge < -0.3 is 29.3 Å². The molecule has 3 aliphatic rings. The van der Waals surface area contributed by atoms with Crippen molar-refractivity contribution in [1.29, 1.82) is 0 Å². The number of halogens is 1. The molecular formula is C34H40ClN3O6. The number of hydrogen-bond donors (Lipinski definition) is 1. The number of rotatable bonds is 13. The van der Waals surface area contributed by atoms with Gasteiger partial charge in [0.2, 0.25) is 11.8 Å². The molecule has 0 aliphatic carbocycles. The maximum atomic E-state index is 14.7. The summed E-state index contributed by atoms with van der Waals surface area (Å²) < 4.78 is 12.2. The minimum atomic E-state index is -1.24. The minimum absolute atomic E-state index is 0.147. The summed E-state index contributed by atoms with van der Waals surface area (Å²) in [6, 6.07) is 12.5. The van der Waals surface area contributed by atoms with E-state index in [2.05, 4.69) is 13.2 Å². The number of benzene rings is 2. The van der Waals surface area contributed by atoms with Gasteiger partial charge in [-0.25, -0.2) is 0 Å². The van der Waals surface area contributed by atoms with Gasteiger partial charge in [-0.1, -0.05) is 42.8 Å². The van der Waals surface area contributed by atoms with Gasteiger partial charge in [-0.05, 0) is 62.6 Å². The predicted octanol–water partition coefficient (Wildman–Crippen LogP) is 4.62. The molecule has 3 saturated heterocycles. The Balaban J connectivity index is 1.57. The number of carbonyl (C=O) groups excluding carboxylic acids is 3. The number of anilines is 2. The molecule has 5 rings (SSSR count). The third-order valence-electron chi connectivity index (χ3n) is 9.09. The van der Waals surface area contributed by atoms with Gasteiger partial charge in [0.15, 0.2) is 0 Å². The Kier molecular flexibility index (Phi) is 9.48. The number of fused-ring (bicyclic) bond motifs is 1. The molecule has 2 aromatic rings. The highest BCUT2D eigenvalue weighted by atomic mass is 35.5. The Hall–Kier alpha value is -3.66. The average molecular weight is 622 g/mol. The minimum Gasteiger partial charge on any atom is -0.494 e. The van der Waals surface area contributed by atoms with Crippen LogP contribution in [0, 0.1) is 11.8 Å². The molecule has 3 amide bonds. The number of para-hydroxylation sites is 1. The summed E-state index contributed by atoms with van der Waals surface area (Å²) in [6.45, 7) is 12.0. The second kappa shape index (κ2) is 13.1. The van der Waals surface area contributed by atoms with Crippen LogP contribution >= 0.6 is 11.6 Å².